The summed E-state index contributed by atoms with van der Waals surface area (Å²) in [7, 11) is 0. The van der Waals surface area contributed by atoms with Crippen LogP contribution in [0.1, 0.15) is 78.1 Å². The molecule has 5 aromatic rings. The fourth-order valence-electron chi connectivity index (χ4n) is 9.14. The second kappa shape index (κ2) is 19.2. The molecule has 4 aliphatic heterocycles. The number of rotatable bonds is 14. The summed E-state index contributed by atoms with van der Waals surface area (Å²) in [4.78, 5) is 94.1. The van der Waals surface area contributed by atoms with Crippen LogP contribution in [0, 0.1) is 0 Å². The molecule has 2 aromatic heterocycles. The van der Waals surface area contributed by atoms with Gasteiger partial charge in [-0.05, 0) is 92.9 Å². The number of fused-ring (bicyclic) bond motifs is 2. The first-order valence-electron chi connectivity index (χ1n) is 22.2. The maximum atomic E-state index is 13.6. The van der Waals surface area contributed by atoms with E-state index in [0.717, 1.165) is 55.1 Å². The maximum Gasteiger partial charge on any atom is 0.263 e. The topological polar surface area (TPSA) is 206 Å². The van der Waals surface area contributed by atoms with E-state index < -0.39 is 29.7 Å². The number of nitrogens with zero attached hydrogens (tertiary/aromatic N) is 8. The predicted molar refractivity (Wildman–Crippen MR) is 242 cm³/mol. The molecule has 6 amide bonds. The lowest BCUT2D eigenvalue weighted by atomic mass is 10.0. The molecule has 3 fully saturated rings. The van der Waals surface area contributed by atoms with E-state index in [1.54, 1.807) is 18.2 Å². The van der Waals surface area contributed by atoms with Crippen molar-refractivity contribution in [2.24, 2.45) is 0 Å². The van der Waals surface area contributed by atoms with Crippen LogP contribution in [0.5, 0.6) is 11.5 Å². The van der Waals surface area contributed by atoms with Gasteiger partial charge < -0.3 is 20.3 Å². The van der Waals surface area contributed by atoms with Gasteiger partial charge in [0, 0.05) is 69.0 Å². The maximum absolute atomic E-state index is 13.6. The van der Waals surface area contributed by atoms with Crippen LogP contribution < -0.4 is 15.8 Å². The number of nitrogens with two attached hydrogens (primary N) is 1. The van der Waals surface area contributed by atoms with E-state index in [9.17, 15) is 28.8 Å². The number of hydrogen-bond acceptors (Lipinski definition) is 13. The number of piperazine rings is 1. The molecule has 4 aliphatic rings. The van der Waals surface area contributed by atoms with Gasteiger partial charge in [0.2, 0.25) is 23.6 Å². The molecule has 1 unspecified atom stereocenters. The number of thioether (sulfide) groups is 1. The van der Waals surface area contributed by atoms with Gasteiger partial charge in [-0.2, -0.15) is 5.10 Å². The summed E-state index contributed by atoms with van der Waals surface area (Å²) in [6.07, 6.45) is 5.39. The number of hydrogen-bond donors (Lipinski definition) is 2. The van der Waals surface area contributed by atoms with Gasteiger partial charge in [0.1, 0.15) is 35.4 Å². The second-order valence-electron chi connectivity index (χ2n) is 16.7. The van der Waals surface area contributed by atoms with E-state index >= 15 is 0 Å². The highest BCUT2D eigenvalue weighted by atomic mass is 32.2. The predicted octanol–water partition coefficient (Wildman–Crippen LogP) is 4.93. The number of nitrogen functional groups attached to an aromatic ring is 1. The third kappa shape index (κ3) is 9.31. The first-order chi connectivity index (χ1) is 31.6. The average Bonchev–Trinajstić information content (AvgIpc) is 3.84. The van der Waals surface area contributed by atoms with Crippen molar-refractivity contribution < 1.29 is 33.5 Å². The molecule has 18 heteroatoms. The molecule has 2 atom stereocenters. The molecule has 17 nitrogen and oxygen atoms in total. The van der Waals surface area contributed by atoms with Gasteiger partial charge in [-0.1, -0.05) is 24.3 Å². The molecule has 3 saturated heterocycles. The minimum absolute atomic E-state index is 0.0585. The highest BCUT2D eigenvalue weighted by Crippen LogP contribution is 2.37. The minimum Gasteiger partial charge on any atom is -0.457 e. The van der Waals surface area contributed by atoms with Crippen molar-refractivity contribution in [1.29, 1.82) is 0 Å². The molecule has 0 spiro atoms. The number of aromatic nitrogens is 4. The van der Waals surface area contributed by atoms with Gasteiger partial charge in [-0.15, -0.1) is 11.8 Å². The number of imide groups is 2. The van der Waals surface area contributed by atoms with E-state index in [-0.39, 0.29) is 41.8 Å². The Balaban J connectivity index is 0.716. The van der Waals surface area contributed by atoms with Gasteiger partial charge in [0.05, 0.1) is 22.6 Å². The fourth-order valence-corrected chi connectivity index (χ4v) is 10.2. The molecule has 0 aliphatic carbocycles. The van der Waals surface area contributed by atoms with Crippen LogP contribution in [0.4, 0.5) is 5.82 Å². The largest absolute Gasteiger partial charge is 0.457 e. The summed E-state index contributed by atoms with van der Waals surface area (Å²) >= 11 is 1.41. The number of likely N-dealkylation sites (tertiary alicyclic amines) is 1. The van der Waals surface area contributed by atoms with Gasteiger partial charge >= 0.3 is 0 Å². The zero-order chi connectivity index (χ0) is 45.0. The average molecular weight is 899 g/mol. The van der Waals surface area contributed by atoms with Gasteiger partial charge in [-0.3, -0.25) is 43.9 Å². The summed E-state index contributed by atoms with van der Waals surface area (Å²) in [5.41, 5.74) is 9.11. The summed E-state index contributed by atoms with van der Waals surface area (Å²) in [5, 5.41) is 7.94. The van der Waals surface area contributed by atoms with Gasteiger partial charge in [0.15, 0.2) is 5.65 Å². The lowest BCUT2D eigenvalue weighted by Gasteiger charge is -2.35. The highest BCUT2D eigenvalue weighted by Gasteiger charge is 2.45. The zero-order valence-corrected chi connectivity index (χ0v) is 36.7. The van der Waals surface area contributed by atoms with E-state index in [4.69, 9.17) is 15.6 Å². The second-order valence-corrected chi connectivity index (χ2v) is 17.9. The molecule has 0 saturated carbocycles. The van der Waals surface area contributed by atoms with Crippen LogP contribution in [0.25, 0.3) is 22.3 Å². The lowest BCUT2D eigenvalue weighted by molar-refractivity contribution is -0.136. The summed E-state index contributed by atoms with van der Waals surface area (Å²) < 4.78 is 7.90. The minimum atomic E-state index is -1.02. The van der Waals surface area contributed by atoms with E-state index in [1.807, 2.05) is 69.1 Å². The number of nitrogens with one attached hydrogen (secondary N) is 1. The number of carbonyl (C=O) groups excluding carboxylic acids is 6. The third-order valence-electron chi connectivity index (χ3n) is 12.5. The number of ether oxygens (including phenoxy) is 1. The monoisotopic (exact) mass is 898 g/mol. The van der Waals surface area contributed by atoms with Crippen molar-refractivity contribution in [3.8, 4) is 22.8 Å². The smallest absolute Gasteiger partial charge is 0.263 e. The molecular weight excluding hydrogens is 849 g/mol. The number of carbonyl (C=O) groups is 6. The van der Waals surface area contributed by atoms with Crippen LogP contribution >= 0.6 is 11.8 Å². The van der Waals surface area contributed by atoms with Crippen LogP contribution in [-0.4, -0.2) is 132 Å². The van der Waals surface area contributed by atoms with Crippen molar-refractivity contribution in [1.82, 2.24) is 44.7 Å². The number of anilines is 1. The Bertz CT molecular complexity index is 2630. The SMILES string of the molecule is Nc1ncnc2c1c(-c1ccc(Oc3ccccc3)cc1)nn2[C@@H]1CCCN(C(=O)CCCN2CCN(C(=O)CCCSc3cccc4c3C(=O)N(C3CCC(=O)NC3=O)C4=O)CC2)C1. The fraction of sp³-hybridized carbons (Fsp3) is 0.383. The van der Waals surface area contributed by atoms with Crippen molar-refractivity contribution in [2.75, 3.05) is 57.3 Å². The summed E-state index contributed by atoms with van der Waals surface area (Å²) in [6, 6.07) is 21.3. The quantitative estimate of drug-likeness (QED) is 0.0863. The third-order valence-corrected chi connectivity index (χ3v) is 13.7. The molecule has 0 radical (unpaired) electrons. The normalized spacial score (nSPS) is 19.2. The highest BCUT2D eigenvalue weighted by molar-refractivity contribution is 7.99. The Labute approximate surface area is 379 Å². The van der Waals surface area contributed by atoms with E-state index in [2.05, 4.69) is 20.2 Å². The molecule has 65 heavy (non-hydrogen) atoms. The Kier molecular flexibility index (Phi) is 12.9. The zero-order valence-electron chi connectivity index (χ0n) is 35.9. The Hall–Kier alpha value is -6.66. The summed E-state index contributed by atoms with van der Waals surface area (Å²) in [5.74, 6) is 0.414. The molecule has 336 valence electrons. The van der Waals surface area contributed by atoms with Crippen molar-refractivity contribution in [3.05, 3.63) is 90.3 Å². The Morgan fingerprint density at radius 3 is 2.34 bits per heavy atom. The van der Waals surface area contributed by atoms with Crippen LogP contribution in [0.2, 0.25) is 0 Å². The van der Waals surface area contributed by atoms with Crippen LogP contribution in [0.3, 0.4) is 0 Å². The number of piperidine rings is 2. The number of para-hydroxylation sites is 1. The van der Waals surface area contributed by atoms with Crippen molar-refractivity contribution in [3.63, 3.8) is 0 Å². The molecule has 3 aromatic carbocycles. The Morgan fingerprint density at radius 1 is 0.800 bits per heavy atom. The Morgan fingerprint density at radius 2 is 1.55 bits per heavy atom. The van der Waals surface area contributed by atoms with E-state index in [0.29, 0.717) is 84.4 Å². The molecule has 3 N–H and O–H groups in total. The molecule has 6 heterocycles. The molecule has 9 rings (SSSR count). The van der Waals surface area contributed by atoms with Crippen molar-refractivity contribution >= 4 is 64.1 Å². The summed E-state index contributed by atoms with van der Waals surface area (Å²) in [6.45, 7) is 4.69. The number of benzene rings is 3. The lowest BCUT2D eigenvalue weighted by Crippen LogP contribution is -2.54. The number of amides is 6. The van der Waals surface area contributed by atoms with E-state index in [1.165, 1.54) is 18.1 Å². The van der Waals surface area contributed by atoms with Crippen molar-refractivity contribution in [2.45, 2.75) is 68.3 Å². The molecule has 0 bridgehead atoms. The molecular formula is C47H50N10O7S. The van der Waals surface area contributed by atoms with Gasteiger partial charge in [-0.25, -0.2) is 14.6 Å². The van der Waals surface area contributed by atoms with Crippen LogP contribution in [0.15, 0.2) is 84.0 Å². The van der Waals surface area contributed by atoms with Crippen LogP contribution in [-0.2, 0) is 19.2 Å². The first-order valence-corrected chi connectivity index (χ1v) is 23.2. The van der Waals surface area contributed by atoms with Gasteiger partial charge in [0.25, 0.3) is 11.8 Å². The first kappa shape index (κ1) is 43.6. The standard InChI is InChI=1S/C47H50N10O7S/c48-43-41-42(30-15-17-33(18-16-30)64-32-9-2-1-3-10-32)52-57(44(41)50-29-49-43)31-8-5-22-55(28-31)39(60)13-6-21-53-23-25-54(26-24-53)38(59)14-7-27-65-36-12-4-11-34-40(36)47(63)56(46(34)62)35-19-20-37(58)51-45(35)61/h1-4,9-12,15-18,29,31,35H,5-8,13-14,19-28H2,(H2,48,49,50)(H,51,58,61)/t31-,35?/m1/s1.